The Morgan fingerprint density at radius 2 is 2.00 bits per heavy atom. The predicted molar refractivity (Wildman–Crippen MR) is 46.5 cm³/mol. The van der Waals surface area contributed by atoms with Gasteiger partial charge in [0.05, 0.1) is 0 Å². The molecular weight excluding hydrogens is 191 g/mol. The van der Waals surface area contributed by atoms with Gasteiger partial charge >= 0.3 is 35.5 Å². The normalized spacial score (nSPS) is 8.42. The Kier molecular flexibility index (Phi) is 5.33. The fourth-order valence-electron chi connectivity index (χ4n) is 0.688. The topological polar surface area (TPSA) is 46.5 Å². The van der Waals surface area contributed by atoms with Crippen LogP contribution in [0.4, 0.5) is 0 Å². The first-order valence-electron chi connectivity index (χ1n) is 2.86. The fraction of sp³-hybridized carbons (Fsp3) is 0. The molecule has 0 radical (unpaired) electrons. The van der Waals surface area contributed by atoms with Crippen molar-refractivity contribution >= 4 is 47.4 Å². The van der Waals surface area contributed by atoms with Crippen molar-refractivity contribution in [2.24, 2.45) is 0 Å². The number of phenolic OH excluding ortho intramolecular Hbond substituents is 1. The van der Waals surface area contributed by atoms with Crippen LogP contribution in [0.2, 0.25) is 0 Å². The molecule has 12 heavy (non-hydrogen) atoms. The molecule has 3 nitrogen and oxygen atoms in total. The average molecular weight is 197 g/mol. The van der Waals surface area contributed by atoms with Gasteiger partial charge in [0.2, 0.25) is 0 Å². The Morgan fingerprint density at radius 1 is 1.42 bits per heavy atom. The minimum atomic E-state index is -0.759. The standard InChI is InChI=1S/C7H5ClO3.Na.H/c8-11-7(10)5-3-1-2-4-6(5)9;;/h1-4,9H;;. The zero-order chi connectivity index (χ0) is 8.27. The Labute approximate surface area is 96.8 Å². The number of carbonyl (C=O) groups excluding carboxylic acids is 1. The molecule has 0 atom stereocenters. The summed E-state index contributed by atoms with van der Waals surface area (Å²) in [7, 11) is 0. The van der Waals surface area contributed by atoms with Gasteiger partial charge in [0, 0.05) is 0 Å². The van der Waals surface area contributed by atoms with Crippen LogP contribution < -0.4 is 0 Å². The molecule has 0 aromatic heterocycles. The van der Waals surface area contributed by atoms with E-state index >= 15 is 0 Å². The first-order chi connectivity index (χ1) is 5.25. The molecular formula is C7H6ClNaO3. The number of benzene rings is 1. The molecule has 60 valence electrons. The van der Waals surface area contributed by atoms with Crippen molar-refractivity contribution in [3.63, 3.8) is 0 Å². The number of para-hydroxylation sites is 1. The van der Waals surface area contributed by atoms with Crippen LogP contribution in [0.25, 0.3) is 0 Å². The Bertz CT molecular complexity index is 277. The first kappa shape index (κ1) is 11.8. The van der Waals surface area contributed by atoms with Gasteiger partial charge in [0.25, 0.3) is 0 Å². The zero-order valence-corrected chi connectivity index (χ0v) is 6.21. The predicted octanol–water partition coefficient (Wildman–Crippen LogP) is 1.05. The van der Waals surface area contributed by atoms with Crippen molar-refractivity contribution in [2.45, 2.75) is 0 Å². The third-order valence-corrected chi connectivity index (χ3v) is 1.33. The Hall–Kier alpha value is -0.220. The summed E-state index contributed by atoms with van der Waals surface area (Å²) in [6.45, 7) is 0. The minimum absolute atomic E-state index is 0. The van der Waals surface area contributed by atoms with Crippen LogP contribution >= 0.6 is 11.9 Å². The second kappa shape index (κ2) is 5.43. The van der Waals surface area contributed by atoms with E-state index in [0.29, 0.717) is 0 Å². The summed E-state index contributed by atoms with van der Waals surface area (Å²) in [6, 6.07) is 5.99. The SMILES string of the molecule is O=C(OCl)c1ccccc1O.[NaH]. The number of halogens is 1. The number of carbonyl (C=O) groups is 1. The van der Waals surface area contributed by atoms with Crippen LogP contribution in [0.3, 0.4) is 0 Å². The van der Waals surface area contributed by atoms with E-state index in [1.54, 1.807) is 12.1 Å². The molecule has 5 heteroatoms. The van der Waals surface area contributed by atoms with Crippen LogP contribution in [-0.2, 0) is 4.29 Å². The second-order valence-corrected chi connectivity index (χ2v) is 2.04. The first-order valence-corrected chi connectivity index (χ1v) is 3.17. The summed E-state index contributed by atoms with van der Waals surface area (Å²) >= 11 is 4.80. The van der Waals surface area contributed by atoms with Gasteiger partial charge in [-0.2, -0.15) is 0 Å². The molecule has 0 amide bonds. The van der Waals surface area contributed by atoms with E-state index in [1.807, 2.05) is 0 Å². The summed E-state index contributed by atoms with van der Waals surface area (Å²) in [5.41, 5.74) is 0.0579. The molecule has 0 fully saturated rings. The summed E-state index contributed by atoms with van der Waals surface area (Å²) in [5, 5.41) is 9.05. The average Bonchev–Trinajstić information content (AvgIpc) is 2.04. The van der Waals surface area contributed by atoms with E-state index in [-0.39, 0.29) is 40.9 Å². The van der Waals surface area contributed by atoms with E-state index in [2.05, 4.69) is 4.29 Å². The van der Waals surface area contributed by atoms with Crippen LogP contribution in [-0.4, -0.2) is 40.6 Å². The maximum absolute atomic E-state index is 10.7. The molecule has 0 aliphatic rings. The van der Waals surface area contributed by atoms with Crippen LogP contribution in [0, 0.1) is 0 Å². The van der Waals surface area contributed by atoms with E-state index in [0.717, 1.165) is 0 Å². The Morgan fingerprint density at radius 3 is 2.50 bits per heavy atom. The van der Waals surface area contributed by atoms with Crippen molar-refractivity contribution in [3.05, 3.63) is 29.8 Å². The van der Waals surface area contributed by atoms with E-state index in [1.165, 1.54) is 12.1 Å². The molecule has 0 aliphatic carbocycles. The van der Waals surface area contributed by atoms with E-state index in [9.17, 15) is 4.79 Å². The maximum atomic E-state index is 10.7. The van der Waals surface area contributed by atoms with Gasteiger partial charge in [-0.05, 0) is 12.1 Å². The molecule has 0 heterocycles. The quantitative estimate of drug-likeness (QED) is 0.683. The van der Waals surface area contributed by atoms with Crippen LogP contribution in [0.15, 0.2) is 24.3 Å². The van der Waals surface area contributed by atoms with E-state index < -0.39 is 5.97 Å². The molecule has 1 N–H and O–H groups in total. The molecule has 0 aliphatic heterocycles. The van der Waals surface area contributed by atoms with Crippen LogP contribution in [0.5, 0.6) is 5.75 Å². The monoisotopic (exact) mass is 196 g/mol. The molecule has 0 saturated heterocycles. The van der Waals surface area contributed by atoms with Gasteiger partial charge in [0.1, 0.15) is 23.2 Å². The van der Waals surface area contributed by atoms with E-state index in [4.69, 9.17) is 17.0 Å². The van der Waals surface area contributed by atoms with Gasteiger partial charge in [-0.1, -0.05) is 12.1 Å². The van der Waals surface area contributed by atoms with Crippen molar-refractivity contribution in [1.29, 1.82) is 0 Å². The van der Waals surface area contributed by atoms with Gasteiger partial charge in [-0.3, -0.25) is 0 Å². The molecule has 0 bridgehead atoms. The number of hydrogen-bond donors (Lipinski definition) is 1. The van der Waals surface area contributed by atoms with Crippen molar-refractivity contribution in [3.8, 4) is 5.75 Å². The van der Waals surface area contributed by atoms with Gasteiger partial charge in [-0.25, -0.2) is 4.79 Å². The van der Waals surface area contributed by atoms with Gasteiger partial charge < -0.3 is 9.40 Å². The molecule has 1 aromatic carbocycles. The number of phenols is 1. The molecule has 0 spiro atoms. The summed E-state index contributed by atoms with van der Waals surface area (Å²) in [5.74, 6) is -0.900. The molecule has 1 aromatic rings. The third-order valence-electron chi connectivity index (χ3n) is 1.19. The van der Waals surface area contributed by atoms with Crippen molar-refractivity contribution < 1.29 is 14.2 Å². The number of hydrogen-bond acceptors (Lipinski definition) is 3. The number of aromatic hydroxyl groups is 1. The molecule has 0 saturated carbocycles. The van der Waals surface area contributed by atoms with Crippen molar-refractivity contribution in [2.75, 3.05) is 0 Å². The Balaban J connectivity index is 0.00000121. The third kappa shape index (κ3) is 2.68. The van der Waals surface area contributed by atoms with Crippen LogP contribution in [0.1, 0.15) is 10.4 Å². The summed E-state index contributed by atoms with van der Waals surface area (Å²) in [4.78, 5) is 10.7. The van der Waals surface area contributed by atoms with Gasteiger partial charge in [-0.15, -0.1) is 0 Å². The zero-order valence-electron chi connectivity index (χ0n) is 5.45. The molecule has 0 unspecified atom stereocenters. The van der Waals surface area contributed by atoms with Crippen molar-refractivity contribution in [1.82, 2.24) is 0 Å². The number of rotatable bonds is 1. The fourth-order valence-corrected chi connectivity index (χ4v) is 0.771. The second-order valence-electron chi connectivity index (χ2n) is 1.88. The summed E-state index contributed by atoms with van der Waals surface area (Å²) in [6.07, 6.45) is 0. The van der Waals surface area contributed by atoms with Gasteiger partial charge in [0.15, 0.2) is 0 Å². The summed E-state index contributed by atoms with van der Waals surface area (Å²) < 4.78 is 3.89. The molecule has 1 rings (SSSR count).